The van der Waals surface area contributed by atoms with Crippen LogP contribution in [0.25, 0.3) is 16.7 Å². The van der Waals surface area contributed by atoms with Gasteiger partial charge in [0.05, 0.1) is 16.7 Å². The molecule has 0 atom stereocenters. The Bertz CT molecular complexity index is 880. The molecule has 3 aromatic rings. The fourth-order valence-electron chi connectivity index (χ4n) is 2.13. The third-order valence-electron chi connectivity index (χ3n) is 3.11. The molecule has 0 radical (unpaired) electrons. The summed E-state index contributed by atoms with van der Waals surface area (Å²) in [7, 11) is 0. The zero-order chi connectivity index (χ0) is 14.4. The highest BCUT2D eigenvalue weighted by Gasteiger charge is 2.13. The fraction of sp³-hybridized carbons (Fsp3) is 0.0714. The number of rotatable bonds is 1. The first-order chi connectivity index (χ1) is 9.47. The molecule has 1 aromatic heterocycles. The summed E-state index contributed by atoms with van der Waals surface area (Å²) in [5.41, 5.74) is 1.32. The SMILES string of the molecule is Cc1cc2c(cc1F)[nH]c(=S)n2-c1cc(F)ccc1F. The van der Waals surface area contributed by atoms with Crippen molar-refractivity contribution in [2.75, 3.05) is 0 Å². The smallest absolute Gasteiger partial charge is 0.182 e. The van der Waals surface area contributed by atoms with E-state index in [0.29, 0.717) is 16.6 Å². The van der Waals surface area contributed by atoms with Crippen LogP contribution in [0.1, 0.15) is 5.56 Å². The molecular weight excluding hydrogens is 285 g/mol. The van der Waals surface area contributed by atoms with Crippen LogP contribution in [0.3, 0.4) is 0 Å². The lowest BCUT2D eigenvalue weighted by Gasteiger charge is -2.07. The zero-order valence-electron chi connectivity index (χ0n) is 10.4. The van der Waals surface area contributed by atoms with E-state index in [2.05, 4.69) is 4.98 Å². The molecule has 0 fully saturated rings. The number of imidazole rings is 1. The van der Waals surface area contributed by atoms with E-state index >= 15 is 0 Å². The molecule has 2 aromatic carbocycles. The van der Waals surface area contributed by atoms with Gasteiger partial charge in [0.15, 0.2) is 4.77 Å². The number of hydrogen-bond donors (Lipinski definition) is 1. The molecule has 20 heavy (non-hydrogen) atoms. The number of nitrogens with zero attached hydrogens (tertiary/aromatic N) is 1. The average molecular weight is 294 g/mol. The van der Waals surface area contributed by atoms with Gasteiger partial charge in [-0.25, -0.2) is 13.2 Å². The third kappa shape index (κ3) is 1.92. The topological polar surface area (TPSA) is 20.7 Å². The monoisotopic (exact) mass is 294 g/mol. The van der Waals surface area contributed by atoms with Gasteiger partial charge < -0.3 is 4.98 Å². The minimum Gasteiger partial charge on any atom is -0.330 e. The van der Waals surface area contributed by atoms with E-state index in [1.807, 2.05) is 0 Å². The average Bonchev–Trinajstić information content (AvgIpc) is 2.69. The maximum Gasteiger partial charge on any atom is 0.182 e. The highest BCUT2D eigenvalue weighted by molar-refractivity contribution is 7.71. The molecule has 0 aliphatic heterocycles. The highest BCUT2D eigenvalue weighted by atomic mass is 32.1. The first kappa shape index (κ1) is 12.9. The molecule has 0 aliphatic carbocycles. The quantitative estimate of drug-likeness (QED) is 0.659. The van der Waals surface area contributed by atoms with Gasteiger partial charge in [0.2, 0.25) is 0 Å². The number of nitrogens with one attached hydrogen (secondary N) is 1. The van der Waals surface area contributed by atoms with Crippen molar-refractivity contribution in [3.63, 3.8) is 0 Å². The Morgan fingerprint density at radius 1 is 1.05 bits per heavy atom. The van der Waals surface area contributed by atoms with Crippen molar-refractivity contribution >= 4 is 23.3 Å². The molecule has 0 unspecified atom stereocenters. The van der Waals surface area contributed by atoms with Gasteiger partial charge >= 0.3 is 0 Å². The number of aromatic nitrogens is 2. The molecule has 6 heteroatoms. The number of benzene rings is 2. The molecule has 1 N–H and O–H groups in total. The molecule has 0 saturated heterocycles. The molecule has 0 bridgehead atoms. The van der Waals surface area contributed by atoms with E-state index in [1.54, 1.807) is 13.0 Å². The van der Waals surface area contributed by atoms with Gasteiger partial charge in [-0.15, -0.1) is 0 Å². The first-order valence-corrected chi connectivity index (χ1v) is 6.24. The van der Waals surface area contributed by atoms with E-state index in [0.717, 1.165) is 18.2 Å². The number of hydrogen-bond acceptors (Lipinski definition) is 1. The Kier molecular flexibility index (Phi) is 2.90. The normalized spacial score (nSPS) is 11.2. The number of fused-ring (bicyclic) bond motifs is 1. The minimum absolute atomic E-state index is 0.00717. The summed E-state index contributed by atoms with van der Waals surface area (Å²) >= 11 is 5.12. The number of aromatic amines is 1. The van der Waals surface area contributed by atoms with Crippen molar-refractivity contribution in [2.24, 2.45) is 0 Å². The maximum atomic E-state index is 13.9. The first-order valence-electron chi connectivity index (χ1n) is 5.83. The predicted molar refractivity (Wildman–Crippen MR) is 73.1 cm³/mol. The Balaban J connectivity index is 2.42. The van der Waals surface area contributed by atoms with Crippen LogP contribution in [-0.4, -0.2) is 9.55 Å². The zero-order valence-corrected chi connectivity index (χ0v) is 11.2. The lowest BCUT2D eigenvalue weighted by Crippen LogP contribution is -1.99. The molecule has 2 nitrogen and oxygen atoms in total. The van der Waals surface area contributed by atoms with Gasteiger partial charge in [-0.05, 0) is 49.0 Å². The maximum absolute atomic E-state index is 13.9. The minimum atomic E-state index is -0.606. The van der Waals surface area contributed by atoms with Crippen LogP contribution in [0.2, 0.25) is 0 Å². The number of aryl methyl sites for hydroxylation is 1. The summed E-state index contributed by atoms with van der Waals surface area (Å²) in [5.74, 6) is -1.57. The lowest BCUT2D eigenvalue weighted by molar-refractivity contribution is 0.593. The van der Waals surface area contributed by atoms with Crippen molar-refractivity contribution in [2.45, 2.75) is 6.92 Å². The van der Waals surface area contributed by atoms with Gasteiger partial charge in [0.1, 0.15) is 17.5 Å². The van der Waals surface area contributed by atoms with E-state index in [9.17, 15) is 13.2 Å². The van der Waals surface area contributed by atoms with Crippen molar-refractivity contribution in [1.82, 2.24) is 9.55 Å². The van der Waals surface area contributed by atoms with E-state index < -0.39 is 11.6 Å². The van der Waals surface area contributed by atoms with E-state index in [1.165, 1.54) is 10.6 Å². The van der Waals surface area contributed by atoms with Gasteiger partial charge in [0, 0.05) is 6.07 Å². The van der Waals surface area contributed by atoms with Crippen LogP contribution in [0.15, 0.2) is 30.3 Å². The molecule has 0 saturated carbocycles. The second-order valence-electron chi connectivity index (χ2n) is 4.48. The van der Waals surface area contributed by atoms with Gasteiger partial charge in [-0.3, -0.25) is 4.57 Å². The summed E-state index contributed by atoms with van der Waals surface area (Å²) < 4.78 is 42.3. The summed E-state index contributed by atoms with van der Waals surface area (Å²) in [6.07, 6.45) is 0. The largest absolute Gasteiger partial charge is 0.330 e. The van der Waals surface area contributed by atoms with E-state index in [-0.39, 0.29) is 16.3 Å². The van der Waals surface area contributed by atoms with Crippen molar-refractivity contribution in [3.8, 4) is 5.69 Å². The van der Waals surface area contributed by atoms with Crippen LogP contribution in [0.5, 0.6) is 0 Å². The van der Waals surface area contributed by atoms with Crippen LogP contribution < -0.4 is 0 Å². The Morgan fingerprint density at radius 3 is 2.55 bits per heavy atom. The molecule has 102 valence electrons. The Labute approximate surface area is 117 Å². The number of halogens is 3. The van der Waals surface area contributed by atoms with E-state index in [4.69, 9.17) is 12.2 Å². The summed E-state index contributed by atoms with van der Waals surface area (Å²) in [4.78, 5) is 2.79. The summed E-state index contributed by atoms with van der Waals surface area (Å²) in [6.45, 7) is 1.59. The summed E-state index contributed by atoms with van der Waals surface area (Å²) in [5, 5.41) is 0. The summed E-state index contributed by atoms with van der Waals surface area (Å²) in [6, 6.07) is 5.94. The molecule has 3 rings (SSSR count). The standard InChI is InChI=1S/C14H9F3N2S/c1-7-4-13-11(6-10(7)17)18-14(20)19(13)12-5-8(15)2-3-9(12)16/h2-6H,1H3,(H,18,20). The van der Waals surface area contributed by atoms with Crippen molar-refractivity contribution in [1.29, 1.82) is 0 Å². The Hall–Kier alpha value is -2.08. The van der Waals surface area contributed by atoms with Crippen LogP contribution in [0.4, 0.5) is 13.2 Å². The van der Waals surface area contributed by atoms with Crippen molar-refractivity contribution in [3.05, 3.63) is 58.1 Å². The van der Waals surface area contributed by atoms with Gasteiger partial charge in [-0.2, -0.15) is 0 Å². The Morgan fingerprint density at radius 2 is 1.80 bits per heavy atom. The molecule has 0 spiro atoms. The second kappa shape index (κ2) is 4.49. The molecule has 1 heterocycles. The molecule has 0 amide bonds. The third-order valence-corrected chi connectivity index (χ3v) is 3.40. The second-order valence-corrected chi connectivity index (χ2v) is 4.87. The lowest BCUT2D eigenvalue weighted by atomic mass is 10.2. The number of H-pyrrole nitrogens is 1. The molecule has 0 aliphatic rings. The van der Waals surface area contributed by atoms with Gasteiger partial charge in [0.25, 0.3) is 0 Å². The van der Waals surface area contributed by atoms with Crippen molar-refractivity contribution < 1.29 is 13.2 Å². The molecular formula is C14H9F3N2S. The predicted octanol–water partition coefficient (Wildman–Crippen LogP) is 4.41. The van der Waals surface area contributed by atoms with Crippen LogP contribution in [-0.2, 0) is 0 Å². The highest BCUT2D eigenvalue weighted by Crippen LogP contribution is 2.24. The van der Waals surface area contributed by atoms with Gasteiger partial charge in [-0.1, -0.05) is 0 Å². The van der Waals surface area contributed by atoms with Crippen LogP contribution in [0, 0.1) is 29.1 Å². The van der Waals surface area contributed by atoms with Crippen LogP contribution >= 0.6 is 12.2 Å². The fourth-order valence-corrected chi connectivity index (χ4v) is 2.43.